The Balaban J connectivity index is 2.18. The van der Waals surface area contributed by atoms with E-state index in [9.17, 15) is 0 Å². The first-order valence-corrected chi connectivity index (χ1v) is 6.39. The van der Waals surface area contributed by atoms with E-state index >= 15 is 0 Å². The molecule has 4 heteroatoms. The van der Waals surface area contributed by atoms with Gasteiger partial charge in [0.2, 0.25) is 0 Å². The monoisotopic (exact) mass is 273 g/mol. The molecule has 0 unspecified atom stereocenters. The van der Waals surface area contributed by atoms with Gasteiger partial charge in [-0.15, -0.1) is 0 Å². The molecule has 98 valence electrons. The van der Waals surface area contributed by atoms with Crippen LogP contribution in [0.2, 0.25) is 5.02 Å². The molecular weight excluding hydrogens is 258 g/mol. The highest BCUT2D eigenvalue weighted by molar-refractivity contribution is 6.30. The van der Waals surface area contributed by atoms with Crippen molar-refractivity contribution in [3.63, 3.8) is 0 Å². The van der Waals surface area contributed by atoms with Crippen LogP contribution in [0, 0.1) is 6.92 Å². The van der Waals surface area contributed by atoms with Crippen LogP contribution in [-0.2, 0) is 0 Å². The first-order valence-electron chi connectivity index (χ1n) is 6.01. The molecule has 0 radical (unpaired) electrons. The molecule has 3 nitrogen and oxygen atoms in total. The van der Waals surface area contributed by atoms with Gasteiger partial charge in [0.25, 0.3) is 0 Å². The molecule has 2 aromatic carbocycles. The van der Waals surface area contributed by atoms with Crippen LogP contribution in [0.25, 0.3) is 0 Å². The lowest BCUT2D eigenvalue weighted by Gasteiger charge is -2.11. The summed E-state index contributed by atoms with van der Waals surface area (Å²) in [7, 11) is 4.02. The Bertz CT molecular complexity index is 589. The second-order valence-electron chi connectivity index (χ2n) is 4.54. The molecule has 0 spiro atoms. The highest BCUT2D eigenvalue weighted by Gasteiger charge is 1.98. The van der Waals surface area contributed by atoms with Gasteiger partial charge in [0.1, 0.15) is 0 Å². The zero-order valence-electron chi connectivity index (χ0n) is 11.3. The Kier molecular flexibility index (Phi) is 4.17. The quantitative estimate of drug-likeness (QED) is 0.713. The van der Waals surface area contributed by atoms with Gasteiger partial charge in [-0.25, -0.2) is 0 Å². The van der Waals surface area contributed by atoms with Crippen LogP contribution < -0.4 is 4.90 Å². The molecule has 0 aliphatic carbocycles. The third-order valence-electron chi connectivity index (χ3n) is 2.80. The maximum atomic E-state index is 5.90. The molecule has 0 N–H and O–H groups in total. The highest BCUT2D eigenvalue weighted by Crippen LogP contribution is 2.25. The SMILES string of the molecule is Cc1cc(Cl)ccc1N=Nc1ccc(N(C)C)cc1. The Morgan fingerprint density at radius 2 is 1.63 bits per heavy atom. The van der Waals surface area contributed by atoms with E-state index in [0.717, 1.165) is 22.6 Å². The number of benzene rings is 2. The van der Waals surface area contributed by atoms with E-state index in [2.05, 4.69) is 10.2 Å². The van der Waals surface area contributed by atoms with Gasteiger partial charge in [-0.3, -0.25) is 0 Å². The van der Waals surface area contributed by atoms with Gasteiger partial charge in [0.15, 0.2) is 0 Å². The molecule has 0 saturated carbocycles. The summed E-state index contributed by atoms with van der Waals surface area (Å²) in [4.78, 5) is 2.05. The molecule has 0 aliphatic rings. The second kappa shape index (κ2) is 5.85. The average molecular weight is 274 g/mol. The molecule has 0 atom stereocenters. The predicted molar refractivity (Wildman–Crippen MR) is 81.1 cm³/mol. The van der Waals surface area contributed by atoms with E-state index in [-0.39, 0.29) is 0 Å². The zero-order chi connectivity index (χ0) is 13.8. The first kappa shape index (κ1) is 13.6. The molecular formula is C15H16ClN3. The predicted octanol–water partition coefficient (Wildman–Crippen LogP) is 5.13. The number of anilines is 1. The summed E-state index contributed by atoms with van der Waals surface area (Å²) in [5.41, 5.74) is 3.82. The molecule has 0 aromatic heterocycles. The van der Waals surface area contributed by atoms with Gasteiger partial charge < -0.3 is 4.90 Å². The third-order valence-corrected chi connectivity index (χ3v) is 3.03. The Labute approximate surface area is 118 Å². The Morgan fingerprint density at radius 3 is 2.21 bits per heavy atom. The van der Waals surface area contributed by atoms with Gasteiger partial charge in [-0.1, -0.05) is 11.6 Å². The maximum absolute atomic E-state index is 5.90. The van der Waals surface area contributed by atoms with Crippen molar-refractivity contribution < 1.29 is 0 Å². The van der Waals surface area contributed by atoms with Gasteiger partial charge in [-0.2, -0.15) is 10.2 Å². The number of hydrogen-bond donors (Lipinski definition) is 0. The van der Waals surface area contributed by atoms with E-state index in [1.54, 1.807) is 0 Å². The fourth-order valence-corrected chi connectivity index (χ4v) is 1.89. The lowest BCUT2D eigenvalue weighted by Crippen LogP contribution is -2.07. The number of rotatable bonds is 3. The summed E-state index contributed by atoms with van der Waals surface area (Å²) in [5.74, 6) is 0. The minimum absolute atomic E-state index is 0.715. The van der Waals surface area contributed by atoms with Gasteiger partial charge >= 0.3 is 0 Å². The van der Waals surface area contributed by atoms with Gasteiger partial charge in [0.05, 0.1) is 11.4 Å². The minimum atomic E-state index is 0.715. The number of hydrogen-bond acceptors (Lipinski definition) is 3. The van der Waals surface area contributed by atoms with Crippen molar-refractivity contribution in [2.75, 3.05) is 19.0 Å². The Morgan fingerprint density at radius 1 is 0.947 bits per heavy atom. The molecule has 0 heterocycles. The van der Waals surface area contributed by atoms with Crippen LogP contribution >= 0.6 is 11.6 Å². The van der Waals surface area contributed by atoms with E-state index in [1.807, 2.05) is 68.4 Å². The Hall–Kier alpha value is -1.87. The summed E-state index contributed by atoms with van der Waals surface area (Å²) in [6, 6.07) is 13.5. The molecule has 2 aromatic rings. The summed E-state index contributed by atoms with van der Waals surface area (Å²) < 4.78 is 0. The summed E-state index contributed by atoms with van der Waals surface area (Å²) in [6.07, 6.45) is 0. The summed E-state index contributed by atoms with van der Waals surface area (Å²) in [6.45, 7) is 1.97. The fraction of sp³-hybridized carbons (Fsp3) is 0.200. The fourth-order valence-electron chi connectivity index (χ4n) is 1.66. The van der Waals surface area contributed by atoms with E-state index in [4.69, 9.17) is 11.6 Å². The standard InChI is InChI=1S/C15H16ClN3/c1-11-10-12(16)4-9-15(11)18-17-13-5-7-14(8-6-13)19(2)3/h4-10H,1-3H3. The minimum Gasteiger partial charge on any atom is -0.378 e. The van der Waals surface area contributed by atoms with E-state index in [0.29, 0.717) is 5.02 Å². The van der Waals surface area contributed by atoms with Crippen LogP contribution in [0.5, 0.6) is 0 Å². The molecule has 19 heavy (non-hydrogen) atoms. The zero-order valence-corrected chi connectivity index (χ0v) is 12.0. The molecule has 0 bridgehead atoms. The van der Waals surface area contributed by atoms with Crippen molar-refractivity contribution in [2.24, 2.45) is 10.2 Å². The second-order valence-corrected chi connectivity index (χ2v) is 4.98. The normalized spacial score (nSPS) is 10.9. The molecule has 0 amide bonds. The topological polar surface area (TPSA) is 28.0 Å². The lowest BCUT2D eigenvalue weighted by atomic mass is 10.2. The maximum Gasteiger partial charge on any atom is 0.0887 e. The first-order chi connectivity index (χ1) is 9.06. The van der Waals surface area contributed by atoms with Crippen molar-refractivity contribution in [2.45, 2.75) is 6.92 Å². The molecule has 0 saturated heterocycles. The van der Waals surface area contributed by atoms with Crippen molar-refractivity contribution in [3.8, 4) is 0 Å². The van der Waals surface area contributed by atoms with Crippen LogP contribution in [0.15, 0.2) is 52.7 Å². The van der Waals surface area contributed by atoms with Crippen LogP contribution in [-0.4, -0.2) is 14.1 Å². The van der Waals surface area contributed by atoms with Crippen LogP contribution in [0.1, 0.15) is 5.56 Å². The number of aryl methyl sites for hydroxylation is 1. The van der Waals surface area contributed by atoms with Gasteiger partial charge in [-0.05, 0) is 55.0 Å². The smallest absolute Gasteiger partial charge is 0.0887 e. The van der Waals surface area contributed by atoms with E-state index < -0.39 is 0 Å². The highest BCUT2D eigenvalue weighted by atomic mass is 35.5. The molecule has 0 aliphatic heterocycles. The van der Waals surface area contributed by atoms with Crippen molar-refractivity contribution >= 4 is 28.7 Å². The molecule has 0 fully saturated rings. The van der Waals surface area contributed by atoms with Crippen molar-refractivity contribution in [3.05, 3.63) is 53.1 Å². The van der Waals surface area contributed by atoms with Crippen LogP contribution in [0.3, 0.4) is 0 Å². The van der Waals surface area contributed by atoms with Crippen LogP contribution in [0.4, 0.5) is 17.1 Å². The van der Waals surface area contributed by atoms with Crippen molar-refractivity contribution in [1.29, 1.82) is 0 Å². The summed E-state index contributed by atoms with van der Waals surface area (Å²) >= 11 is 5.90. The largest absolute Gasteiger partial charge is 0.378 e. The lowest BCUT2D eigenvalue weighted by molar-refractivity contribution is 1.13. The number of nitrogens with zero attached hydrogens (tertiary/aromatic N) is 3. The summed E-state index contributed by atoms with van der Waals surface area (Å²) in [5, 5.41) is 9.19. The number of halogens is 1. The average Bonchev–Trinajstić information content (AvgIpc) is 2.38. The van der Waals surface area contributed by atoms with Gasteiger partial charge in [0, 0.05) is 24.8 Å². The van der Waals surface area contributed by atoms with E-state index in [1.165, 1.54) is 0 Å². The third kappa shape index (κ3) is 3.55. The van der Waals surface area contributed by atoms with Crippen molar-refractivity contribution in [1.82, 2.24) is 0 Å². The molecule has 2 rings (SSSR count). The number of azo groups is 1.